The molecule has 9 heteroatoms. The molecule has 126 valence electrons. The lowest BCUT2D eigenvalue weighted by molar-refractivity contribution is -0.384. The Kier molecular flexibility index (Phi) is 4.98. The zero-order valence-corrected chi connectivity index (χ0v) is 14.7. The van der Waals surface area contributed by atoms with E-state index in [-0.39, 0.29) is 11.3 Å². The van der Waals surface area contributed by atoms with E-state index < -0.39 is 10.8 Å². The number of carbonyl (C=O) groups is 1. The van der Waals surface area contributed by atoms with Crippen LogP contribution in [0.3, 0.4) is 0 Å². The molecule has 0 aliphatic rings. The summed E-state index contributed by atoms with van der Waals surface area (Å²) in [6, 6.07) is 10.6. The van der Waals surface area contributed by atoms with Crippen molar-refractivity contribution in [1.82, 2.24) is 4.98 Å². The van der Waals surface area contributed by atoms with Crippen LogP contribution < -0.4 is 5.32 Å². The predicted octanol–water partition coefficient (Wildman–Crippen LogP) is 5.28. The number of carbonyl (C=O) groups excluding carboxylic acids is 1. The van der Waals surface area contributed by atoms with Crippen molar-refractivity contribution in [3.8, 4) is 11.3 Å². The summed E-state index contributed by atoms with van der Waals surface area (Å²) in [5, 5.41) is 16.4. The second kappa shape index (κ2) is 7.18. The van der Waals surface area contributed by atoms with Crippen molar-refractivity contribution in [1.29, 1.82) is 0 Å². The lowest BCUT2D eigenvalue weighted by Crippen LogP contribution is -2.11. The quantitative estimate of drug-likeness (QED) is 0.482. The molecule has 1 N–H and O–H groups in total. The van der Waals surface area contributed by atoms with Gasteiger partial charge < -0.3 is 0 Å². The van der Waals surface area contributed by atoms with Gasteiger partial charge in [0.15, 0.2) is 5.13 Å². The normalized spacial score (nSPS) is 10.5. The summed E-state index contributed by atoms with van der Waals surface area (Å²) < 4.78 is 0. The van der Waals surface area contributed by atoms with Crippen LogP contribution in [0, 0.1) is 10.1 Å². The van der Waals surface area contributed by atoms with Crippen LogP contribution in [0.4, 0.5) is 10.8 Å². The number of aromatic nitrogens is 1. The molecular formula is C16H9Cl2N3O3S. The van der Waals surface area contributed by atoms with E-state index in [0.717, 1.165) is 5.56 Å². The lowest BCUT2D eigenvalue weighted by atomic mass is 10.2. The Morgan fingerprint density at radius 2 is 1.96 bits per heavy atom. The molecule has 0 saturated carbocycles. The fourth-order valence-corrected chi connectivity index (χ4v) is 3.06. The van der Waals surface area contributed by atoms with Crippen molar-refractivity contribution in [2.24, 2.45) is 0 Å². The summed E-state index contributed by atoms with van der Waals surface area (Å²) in [5.74, 6) is -0.473. The van der Waals surface area contributed by atoms with Gasteiger partial charge in [-0.05, 0) is 18.2 Å². The molecule has 3 aromatic rings. The Hall–Kier alpha value is -2.48. The Balaban J connectivity index is 1.79. The van der Waals surface area contributed by atoms with Crippen LogP contribution in [-0.2, 0) is 0 Å². The number of rotatable bonds is 4. The van der Waals surface area contributed by atoms with Gasteiger partial charge in [-0.15, -0.1) is 11.3 Å². The molecule has 0 bridgehead atoms. The van der Waals surface area contributed by atoms with Gasteiger partial charge in [0.2, 0.25) is 0 Å². The van der Waals surface area contributed by atoms with Crippen molar-refractivity contribution < 1.29 is 9.72 Å². The van der Waals surface area contributed by atoms with Gasteiger partial charge in [0.25, 0.3) is 11.6 Å². The first-order valence-corrected chi connectivity index (χ1v) is 8.54. The van der Waals surface area contributed by atoms with Gasteiger partial charge in [0, 0.05) is 28.6 Å². The number of nitrogens with one attached hydrogen (secondary N) is 1. The molecule has 2 aromatic carbocycles. The van der Waals surface area contributed by atoms with Crippen LogP contribution in [0.1, 0.15) is 10.4 Å². The molecular weight excluding hydrogens is 385 g/mol. The molecule has 0 radical (unpaired) electrons. The summed E-state index contributed by atoms with van der Waals surface area (Å²) in [7, 11) is 0. The molecule has 0 unspecified atom stereocenters. The van der Waals surface area contributed by atoms with Crippen molar-refractivity contribution in [3.05, 3.63) is 73.6 Å². The van der Waals surface area contributed by atoms with E-state index in [1.165, 1.54) is 35.6 Å². The van der Waals surface area contributed by atoms with Gasteiger partial charge in [-0.3, -0.25) is 20.2 Å². The highest BCUT2D eigenvalue weighted by molar-refractivity contribution is 7.14. The van der Waals surface area contributed by atoms with E-state index in [1.54, 1.807) is 23.6 Å². The number of hydrogen-bond acceptors (Lipinski definition) is 5. The summed E-state index contributed by atoms with van der Waals surface area (Å²) in [5.41, 5.74) is 1.43. The fraction of sp³-hybridized carbons (Fsp3) is 0. The Morgan fingerprint density at radius 3 is 2.68 bits per heavy atom. The SMILES string of the molecule is O=C(Nc1nc(-c2ccc(Cl)c(Cl)c2)cs1)c1cccc([N+](=O)[O-])c1. The Bertz CT molecular complexity index is 975. The highest BCUT2D eigenvalue weighted by Gasteiger charge is 2.14. The average Bonchev–Trinajstić information content (AvgIpc) is 3.06. The number of anilines is 1. The molecule has 3 rings (SSSR count). The molecule has 0 aliphatic heterocycles. The zero-order valence-electron chi connectivity index (χ0n) is 12.4. The van der Waals surface area contributed by atoms with Crippen LogP contribution in [0.15, 0.2) is 47.8 Å². The van der Waals surface area contributed by atoms with E-state index in [4.69, 9.17) is 23.2 Å². The number of thiazole rings is 1. The summed E-state index contributed by atoms with van der Waals surface area (Å²) in [6.45, 7) is 0. The minimum Gasteiger partial charge on any atom is -0.298 e. The first kappa shape index (κ1) is 17.3. The number of nitro benzene ring substituents is 1. The second-order valence-electron chi connectivity index (χ2n) is 4.93. The van der Waals surface area contributed by atoms with Gasteiger partial charge >= 0.3 is 0 Å². The smallest absolute Gasteiger partial charge is 0.270 e. The van der Waals surface area contributed by atoms with Gasteiger partial charge in [-0.25, -0.2) is 4.98 Å². The minimum atomic E-state index is -0.553. The molecule has 25 heavy (non-hydrogen) atoms. The van der Waals surface area contributed by atoms with Crippen LogP contribution in [-0.4, -0.2) is 15.8 Å². The standard InChI is InChI=1S/C16H9Cl2N3O3S/c17-12-5-4-9(7-13(12)18)14-8-25-16(19-14)20-15(22)10-2-1-3-11(6-10)21(23)24/h1-8H,(H,19,20,22). The first-order valence-electron chi connectivity index (χ1n) is 6.91. The molecule has 1 amide bonds. The highest BCUT2D eigenvalue weighted by atomic mass is 35.5. The van der Waals surface area contributed by atoms with Crippen LogP contribution in [0.5, 0.6) is 0 Å². The molecule has 0 fully saturated rings. The number of amides is 1. The highest BCUT2D eigenvalue weighted by Crippen LogP contribution is 2.30. The maximum Gasteiger partial charge on any atom is 0.270 e. The molecule has 0 spiro atoms. The van der Waals surface area contributed by atoms with Crippen molar-refractivity contribution >= 4 is 51.3 Å². The van der Waals surface area contributed by atoms with Gasteiger partial charge in [0.05, 0.1) is 20.7 Å². The van der Waals surface area contributed by atoms with E-state index in [0.29, 0.717) is 20.9 Å². The number of halogens is 2. The van der Waals surface area contributed by atoms with Crippen molar-refractivity contribution in [2.45, 2.75) is 0 Å². The number of nitrogens with zero attached hydrogens (tertiary/aromatic N) is 2. The number of benzene rings is 2. The summed E-state index contributed by atoms with van der Waals surface area (Å²) >= 11 is 13.1. The predicted molar refractivity (Wildman–Crippen MR) is 98.6 cm³/mol. The maximum absolute atomic E-state index is 12.2. The maximum atomic E-state index is 12.2. The summed E-state index contributed by atoms with van der Waals surface area (Å²) in [6.07, 6.45) is 0. The first-order chi connectivity index (χ1) is 11.9. The molecule has 0 saturated heterocycles. The third-order valence-corrected chi connectivity index (χ3v) is 4.76. The lowest BCUT2D eigenvalue weighted by Gasteiger charge is -2.02. The summed E-state index contributed by atoms with van der Waals surface area (Å²) in [4.78, 5) is 26.8. The average molecular weight is 394 g/mol. The monoisotopic (exact) mass is 393 g/mol. The largest absolute Gasteiger partial charge is 0.298 e. The molecule has 0 aliphatic carbocycles. The third-order valence-electron chi connectivity index (χ3n) is 3.26. The minimum absolute atomic E-state index is 0.150. The van der Waals surface area contributed by atoms with Gasteiger partial charge in [-0.2, -0.15) is 0 Å². The van der Waals surface area contributed by atoms with Gasteiger partial charge in [0.1, 0.15) is 0 Å². The number of hydrogen-bond donors (Lipinski definition) is 1. The van der Waals surface area contributed by atoms with Crippen molar-refractivity contribution in [2.75, 3.05) is 5.32 Å². The Morgan fingerprint density at radius 1 is 1.16 bits per heavy atom. The molecule has 1 heterocycles. The zero-order chi connectivity index (χ0) is 18.0. The fourth-order valence-electron chi connectivity index (χ4n) is 2.05. The number of non-ortho nitro benzene ring substituents is 1. The van der Waals surface area contributed by atoms with E-state index in [1.807, 2.05) is 0 Å². The van der Waals surface area contributed by atoms with Crippen LogP contribution in [0.25, 0.3) is 11.3 Å². The second-order valence-corrected chi connectivity index (χ2v) is 6.60. The Labute approximate surface area is 156 Å². The molecule has 6 nitrogen and oxygen atoms in total. The van der Waals surface area contributed by atoms with Gasteiger partial charge in [-0.1, -0.05) is 35.3 Å². The van der Waals surface area contributed by atoms with E-state index in [2.05, 4.69) is 10.3 Å². The van der Waals surface area contributed by atoms with Crippen LogP contribution in [0.2, 0.25) is 10.0 Å². The molecule has 0 atom stereocenters. The van der Waals surface area contributed by atoms with Crippen molar-refractivity contribution in [3.63, 3.8) is 0 Å². The topological polar surface area (TPSA) is 85.1 Å². The van der Waals surface area contributed by atoms with E-state index in [9.17, 15) is 14.9 Å². The molecule has 1 aromatic heterocycles. The number of nitro groups is 1. The van der Waals surface area contributed by atoms with E-state index >= 15 is 0 Å². The van der Waals surface area contributed by atoms with Crippen LogP contribution >= 0.6 is 34.5 Å². The third kappa shape index (κ3) is 3.96.